The van der Waals surface area contributed by atoms with Gasteiger partial charge in [-0.15, -0.1) is 0 Å². The van der Waals surface area contributed by atoms with Crippen molar-refractivity contribution in [3.63, 3.8) is 0 Å². The third kappa shape index (κ3) is 3.50. The number of nitrogens with zero attached hydrogens (tertiary/aromatic N) is 5. The number of rotatable bonds is 5. The largest absolute Gasteiger partial charge is 0.435 e. The van der Waals surface area contributed by atoms with Crippen LogP contribution in [0.3, 0.4) is 0 Å². The first-order chi connectivity index (χ1) is 11.1. The minimum atomic E-state index is -4.78. The number of hydrazone groups is 1. The number of hydrogen-bond donors (Lipinski definition) is 3. The summed E-state index contributed by atoms with van der Waals surface area (Å²) in [5.74, 6) is -1.64. The summed E-state index contributed by atoms with van der Waals surface area (Å²) in [7, 11) is 1.08. The molecule has 5 N–H and O–H groups in total. The summed E-state index contributed by atoms with van der Waals surface area (Å²) in [6.07, 6.45) is -4.78. The zero-order valence-corrected chi connectivity index (χ0v) is 13.0. The molecule has 0 aliphatic rings. The first kappa shape index (κ1) is 17.8. The molecule has 0 aliphatic carbocycles. The second kappa shape index (κ2) is 6.51. The zero-order valence-electron chi connectivity index (χ0n) is 12.2. The van der Waals surface area contributed by atoms with E-state index in [1.165, 1.54) is 0 Å². The number of halogens is 4. The van der Waals surface area contributed by atoms with E-state index in [1.54, 1.807) is 0 Å². The van der Waals surface area contributed by atoms with Gasteiger partial charge in [0.2, 0.25) is 11.9 Å². The molecule has 0 atom stereocenters. The van der Waals surface area contributed by atoms with Gasteiger partial charge in [-0.1, -0.05) is 11.8 Å². The van der Waals surface area contributed by atoms with Crippen molar-refractivity contribution in [2.24, 2.45) is 12.1 Å². The standard InChI is InChI=1S/C11H12F4N8S/c1-18-21-8-5(16)9(20-10(17)19-8)24-3-4-6(11(13,14)15)22-23(2)7(4)12/h1,3,16H2,2H3,(H3,17,19,20,21). The lowest BCUT2D eigenvalue weighted by atomic mass is 10.2. The molecule has 0 saturated carbocycles. The summed E-state index contributed by atoms with van der Waals surface area (Å²) in [5.41, 5.74) is 11.7. The summed E-state index contributed by atoms with van der Waals surface area (Å²) < 4.78 is 53.2. The number of nitrogen functional groups attached to an aromatic ring is 2. The van der Waals surface area contributed by atoms with E-state index in [0.717, 1.165) is 18.8 Å². The van der Waals surface area contributed by atoms with Gasteiger partial charge in [0.15, 0.2) is 11.5 Å². The minimum Gasteiger partial charge on any atom is -0.393 e. The molecule has 0 bridgehead atoms. The highest BCUT2D eigenvalue weighted by molar-refractivity contribution is 7.98. The van der Waals surface area contributed by atoms with Gasteiger partial charge in [-0.2, -0.15) is 32.7 Å². The lowest BCUT2D eigenvalue weighted by molar-refractivity contribution is -0.141. The Balaban J connectivity index is 2.34. The van der Waals surface area contributed by atoms with E-state index in [1.807, 2.05) is 0 Å². The molecule has 0 saturated heterocycles. The first-order valence-corrected chi connectivity index (χ1v) is 7.19. The van der Waals surface area contributed by atoms with Gasteiger partial charge < -0.3 is 11.5 Å². The van der Waals surface area contributed by atoms with Crippen molar-refractivity contribution in [3.05, 3.63) is 17.2 Å². The van der Waals surface area contributed by atoms with Crippen molar-refractivity contribution in [1.29, 1.82) is 0 Å². The molecule has 2 rings (SSSR count). The fraction of sp³-hybridized carbons (Fsp3) is 0.273. The molecular formula is C11H12F4N8S. The van der Waals surface area contributed by atoms with Crippen molar-refractivity contribution < 1.29 is 17.6 Å². The maximum Gasteiger partial charge on any atom is 0.435 e. The Labute approximate surface area is 137 Å². The van der Waals surface area contributed by atoms with E-state index in [-0.39, 0.29) is 22.5 Å². The second-order valence-corrected chi connectivity index (χ2v) is 5.41. The predicted molar refractivity (Wildman–Crippen MR) is 81.8 cm³/mol. The molecule has 0 amide bonds. The van der Waals surface area contributed by atoms with Gasteiger partial charge in [0.05, 0.1) is 0 Å². The second-order valence-electron chi connectivity index (χ2n) is 4.45. The molecule has 0 radical (unpaired) electrons. The highest BCUT2D eigenvalue weighted by atomic mass is 32.2. The number of aromatic nitrogens is 4. The molecule has 0 unspecified atom stereocenters. The molecule has 0 aliphatic heterocycles. The van der Waals surface area contributed by atoms with E-state index in [2.05, 4.69) is 32.3 Å². The zero-order chi connectivity index (χ0) is 18.1. The third-order valence-electron chi connectivity index (χ3n) is 2.80. The van der Waals surface area contributed by atoms with Crippen LogP contribution in [0.4, 0.5) is 35.0 Å². The molecule has 0 fully saturated rings. The van der Waals surface area contributed by atoms with E-state index in [0.29, 0.717) is 4.68 Å². The number of anilines is 3. The van der Waals surface area contributed by atoms with Crippen LogP contribution in [0.15, 0.2) is 10.1 Å². The summed E-state index contributed by atoms with van der Waals surface area (Å²) in [6, 6.07) is 0. The van der Waals surface area contributed by atoms with Crippen molar-refractivity contribution in [2.45, 2.75) is 17.0 Å². The smallest absolute Gasteiger partial charge is 0.393 e. The summed E-state index contributed by atoms with van der Waals surface area (Å²) in [4.78, 5) is 7.60. The Morgan fingerprint density at radius 2 is 2.00 bits per heavy atom. The molecule has 2 aromatic rings. The Hall–Kier alpha value is -2.57. The van der Waals surface area contributed by atoms with Gasteiger partial charge in [0.1, 0.15) is 10.7 Å². The monoisotopic (exact) mass is 364 g/mol. The lowest BCUT2D eigenvalue weighted by Gasteiger charge is -2.10. The van der Waals surface area contributed by atoms with Crippen molar-refractivity contribution in [1.82, 2.24) is 19.7 Å². The molecule has 2 aromatic heterocycles. The van der Waals surface area contributed by atoms with Crippen LogP contribution in [-0.4, -0.2) is 26.5 Å². The van der Waals surface area contributed by atoms with Crippen LogP contribution in [-0.2, 0) is 19.0 Å². The van der Waals surface area contributed by atoms with Gasteiger partial charge in [0, 0.05) is 25.1 Å². The van der Waals surface area contributed by atoms with E-state index in [4.69, 9.17) is 11.5 Å². The molecule has 13 heteroatoms. The van der Waals surface area contributed by atoms with Gasteiger partial charge in [-0.05, 0) is 0 Å². The number of aryl methyl sites for hydroxylation is 1. The minimum absolute atomic E-state index is 0.000503. The molecular weight excluding hydrogens is 352 g/mol. The maximum absolute atomic E-state index is 13.9. The Morgan fingerprint density at radius 3 is 2.58 bits per heavy atom. The topological polar surface area (TPSA) is 120 Å². The van der Waals surface area contributed by atoms with E-state index >= 15 is 0 Å². The van der Waals surface area contributed by atoms with Crippen LogP contribution in [0, 0.1) is 5.95 Å². The van der Waals surface area contributed by atoms with Gasteiger partial charge in [-0.3, -0.25) is 5.43 Å². The summed E-state index contributed by atoms with van der Waals surface area (Å²) in [6.45, 7) is 3.19. The normalized spacial score (nSPS) is 11.5. The molecule has 0 spiro atoms. The van der Waals surface area contributed by atoms with Crippen LogP contribution >= 0.6 is 11.8 Å². The third-order valence-corrected chi connectivity index (χ3v) is 3.82. The molecule has 0 aromatic carbocycles. The van der Waals surface area contributed by atoms with Crippen molar-refractivity contribution in [2.75, 3.05) is 16.9 Å². The van der Waals surface area contributed by atoms with Gasteiger partial charge in [0.25, 0.3) is 0 Å². The Bertz CT molecular complexity index is 772. The Morgan fingerprint density at radius 1 is 1.33 bits per heavy atom. The van der Waals surface area contributed by atoms with E-state index in [9.17, 15) is 17.6 Å². The Kier molecular flexibility index (Phi) is 4.82. The van der Waals surface area contributed by atoms with Crippen molar-refractivity contribution in [3.8, 4) is 0 Å². The molecule has 130 valence electrons. The highest BCUT2D eigenvalue weighted by Crippen LogP contribution is 2.37. The first-order valence-electron chi connectivity index (χ1n) is 6.21. The lowest BCUT2D eigenvalue weighted by Crippen LogP contribution is -2.09. The SMILES string of the molecule is C=NNc1nc(N)nc(SCc2c(C(F)(F)F)nn(C)c2F)c1N. The average Bonchev–Trinajstić information content (AvgIpc) is 2.77. The molecule has 8 nitrogen and oxygen atoms in total. The van der Waals surface area contributed by atoms with Crippen LogP contribution in [0.5, 0.6) is 0 Å². The quantitative estimate of drug-likeness (QED) is 0.243. The van der Waals surface area contributed by atoms with Gasteiger partial charge >= 0.3 is 6.18 Å². The number of hydrogen-bond acceptors (Lipinski definition) is 8. The van der Waals surface area contributed by atoms with Gasteiger partial charge in [-0.25, -0.2) is 9.67 Å². The number of alkyl halides is 3. The molecule has 2 heterocycles. The highest BCUT2D eigenvalue weighted by Gasteiger charge is 2.39. The van der Waals surface area contributed by atoms with Crippen LogP contribution < -0.4 is 16.9 Å². The van der Waals surface area contributed by atoms with Crippen LogP contribution in [0.2, 0.25) is 0 Å². The summed E-state index contributed by atoms with van der Waals surface area (Å²) >= 11 is 0.761. The fourth-order valence-electron chi connectivity index (χ4n) is 1.78. The number of thioether (sulfide) groups is 1. The number of nitrogens with two attached hydrogens (primary N) is 2. The fourth-order valence-corrected chi connectivity index (χ4v) is 2.73. The predicted octanol–water partition coefficient (Wildman–Crippen LogP) is 1.85. The van der Waals surface area contributed by atoms with Crippen LogP contribution in [0.1, 0.15) is 11.3 Å². The average molecular weight is 364 g/mol. The van der Waals surface area contributed by atoms with E-state index < -0.39 is 29.1 Å². The maximum atomic E-state index is 13.9. The molecule has 24 heavy (non-hydrogen) atoms. The van der Waals surface area contributed by atoms with Crippen LogP contribution in [0.25, 0.3) is 0 Å². The summed E-state index contributed by atoms with van der Waals surface area (Å²) in [5, 5.41) is 6.61. The van der Waals surface area contributed by atoms with Crippen molar-refractivity contribution >= 4 is 35.9 Å². The number of nitrogens with one attached hydrogen (secondary N) is 1.